The summed E-state index contributed by atoms with van der Waals surface area (Å²) < 4.78 is 0. The van der Waals surface area contributed by atoms with Gasteiger partial charge in [-0.15, -0.1) is 12.4 Å². The van der Waals surface area contributed by atoms with Crippen LogP contribution in [0.15, 0.2) is 24.3 Å². The van der Waals surface area contributed by atoms with Crippen molar-refractivity contribution in [3.8, 4) is 0 Å². The van der Waals surface area contributed by atoms with Crippen molar-refractivity contribution in [2.24, 2.45) is 0 Å². The Bertz CT molecular complexity index is 142. The standard InChI is InChI=1S/C7H7.2ClH.Mg/c1-7-5-3-2-4-6-7;;;/h2-5H,1H3;2*1H;/q-1;;;+2/p-1. The van der Waals surface area contributed by atoms with E-state index in [0.29, 0.717) is 0 Å². The van der Waals surface area contributed by atoms with Crippen LogP contribution in [0.5, 0.6) is 0 Å². The van der Waals surface area contributed by atoms with Crippen molar-refractivity contribution >= 4 is 35.5 Å². The Morgan fingerprint density at radius 2 is 1.90 bits per heavy atom. The van der Waals surface area contributed by atoms with Gasteiger partial charge in [0.1, 0.15) is 0 Å². The number of aryl methyl sites for hydroxylation is 1. The predicted molar refractivity (Wildman–Crippen MR) is 43.0 cm³/mol. The van der Waals surface area contributed by atoms with Gasteiger partial charge >= 0.3 is 23.1 Å². The maximum absolute atomic E-state index is 3.03. The summed E-state index contributed by atoms with van der Waals surface area (Å²) in [4.78, 5) is 0. The number of hydrogen-bond donors (Lipinski definition) is 0. The van der Waals surface area contributed by atoms with Crippen LogP contribution in [0.3, 0.4) is 0 Å². The summed E-state index contributed by atoms with van der Waals surface area (Å²) in [7, 11) is 0. The second-order valence-corrected chi connectivity index (χ2v) is 1.55. The normalized spacial score (nSPS) is 6.10. The average molecular weight is 187 g/mol. The number of benzene rings is 1. The average Bonchev–Trinajstić information content (AvgIpc) is 1.69. The van der Waals surface area contributed by atoms with Crippen LogP contribution in [-0.2, 0) is 0 Å². The molecule has 0 fully saturated rings. The topological polar surface area (TPSA) is 0 Å². The van der Waals surface area contributed by atoms with Crippen molar-refractivity contribution in [2.75, 3.05) is 0 Å². The van der Waals surface area contributed by atoms with Crippen LogP contribution in [-0.4, -0.2) is 23.1 Å². The van der Waals surface area contributed by atoms with Gasteiger partial charge < -0.3 is 12.4 Å². The molecule has 0 aliphatic heterocycles. The van der Waals surface area contributed by atoms with E-state index in [2.05, 4.69) is 6.07 Å². The van der Waals surface area contributed by atoms with Crippen molar-refractivity contribution in [3.05, 3.63) is 35.9 Å². The number of halogens is 2. The molecule has 0 unspecified atom stereocenters. The van der Waals surface area contributed by atoms with Crippen LogP contribution in [0.25, 0.3) is 0 Å². The molecule has 0 atom stereocenters. The van der Waals surface area contributed by atoms with Crippen molar-refractivity contribution < 1.29 is 12.4 Å². The minimum atomic E-state index is 0. The summed E-state index contributed by atoms with van der Waals surface area (Å²) in [5.74, 6) is 0. The van der Waals surface area contributed by atoms with Gasteiger partial charge in [0, 0.05) is 0 Å². The minimum absolute atomic E-state index is 0. The first kappa shape index (κ1) is 16.9. The number of rotatable bonds is 0. The molecule has 0 bridgehead atoms. The second kappa shape index (κ2) is 9.57. The molecule has 0 heterocycles. The fourth-order valence-electron chi connectivity index (χ4n) is 0.483. The largest absolute Gasteiger partial charge is 2.00 e. The van der Waals surface area contributed by atoms with Gasteiger partial charge in [-0.1, -0.05) is 6.92 Å². The van der Waals surface area contributed by atoms with Gasteiger partial charge in [0.2, 0.25) is 0 Å². The molecule has 10 heavy (non-hydrogen) atoms. The quantitative estimate of drug-likeness (QED) is 0.355. The summed E-state index contributed by atoms with van der Waals surface area (Å²) >= 11 is 0. The zero-order chi connectivity index (χ0) is 5.11. The van der Waals surface area contributed by atoms with E-state index in [9.17, 15) is 0 Å². The molecule has 52 valence electrons. The van der Waals surface area contributed by atoms with E-state index < -0.39 is 0 Å². The van der Waals surface area contributed by atoms with Crippen molar-refractivity contribution in [1.29, 1.82) is 0 Å². The van der Waals surface area contributed by atoms with E-state index in [4.69, 9.17) is 0 Å². The molecular formula is C7H8Cl2Mg. The van der Waals surface area contributed by atoms with E-state index in [-0.39, 0.29) is 47.9 Å². The van der Waals surface area contributed by atoms with E-state index in [1.54, 1.807) is 0 Å². The van der Waals surface area contributed by atoms with Crippen molar-refractivity contribution in [2.45, 2.75) is 6.92 Å². The summed E-state index contributed by atoms with van der Waals surface area (Å²) in [6.45, 7) is 2.03. The molecule has 3 heteroatoms. The molecular weight excluding hydrogens is 179 g/mol. The van der Waals surface area contributed by atoms with E-state index in [1.807, 2.05) is 31.2 Å². The predicted octanol–water partition coefficient (Wildman–Crippen LogP) is -1.16. The van der Waals surface area contributed by atoms with Crippen LogP contribution in [0.2, 0.25) is 0 Å². The molecule has 0 N–H and O–H groups in total. The molecule has 0 aromatic heterocycles. The maximum atomic E-state index is 3.03. The zero-order valence-electron chi connectivity index (χ0n) is 5.80. The van der Waals surface area contributed by atoms with Gasteiger partial charge in [-0.25, -0.2) is 0 Å². The Kier molecular flexibility index (Phi) is 16.2. The van der Waals surface area contributed by atoms with Crippen LogP contribution in [0.1, 0.15) is 5.56 Å². The fraction of sp³-hybridized carbons (Fsp3) is 0.143. The molecule has 0 saturated carbocycles. The molecule has 0 saturated heterocycles. The van der Waals surface area contributed by atoms with Crippen LogP contribution in [0.4, 0.5) is 0 Å². The molecule has 1 rings (SSSR count). The van der Waals surface area contributed by atoms with Crippen molar-refractivity contribution in [1.82, 2.24) is 0 Å². The minimum Gasteiger partial charge on any atom is -1.00 e. The molecule has 0 radical (unpaired) electrons. The maximum Gasteiger partial charge on any atom is 2.00 e. The van der Waals surface area contributed by atoms with Gasteiger partial charge in [0.15, 0.2) is 0 Å². The van der Waals surface area contributed by atoms with Gasteiger partial charge in [0.25, 0.3) is 0 Å². The SMILES string of the molecule is Cc1[c-]cccc1.Cl.[Cl-].[Mg+2]. The monoisotopic (exact) mass is 186 g/mol. The van der Waals surface area contributed by atoms with Crippen LogP contribution in [0, 0.1) is 13.0 Å². The third-order valence-corrected chi connectivity index (χ3v) is 0.865. The summed E-state index contributed by atoms with van der Waals surface area (Å²) in [6.07, 6.45) is 0. The Balaban J connectivity index is -0.000000163. The first-order valence-corrected chi connectivity index (χ1v) is 2.33. The van der Waals surface area contributed by atoms with E-state index in [0.717, 1.165) is 0 Å². The molecule has 0 aliphatic rings. The van der Waals surface area contributed by atoms with E-state index in [1.165, 1.54) is 5.56 Å². The summed E-state index contributed by atoms with van der Waals surface area (Å²) in [5, 5.41) is 0. The Hall–Kier alpha value is 0.566. The molecule has 0 nitrogen and oxygen atoms in total. The summed E-state index contributed by atoms with van der Waals surface area (Å²) in [6, 6.07) is 10.9. The first-order valence-electron chi connectivity index (χ1n) is 2.33. The molecule has 0 spiro atoms. The van der Waals surface area contributed by atoms with E-state index >= 15 is 0 Å². The van der Waals surface area contributed by atoms with Gasteiger partial charge in [-0.3, -0.25) is 0 Å². The number of hydrogen-bond acceptors (Lipinski definition) is 0. The fourth-order valence-corrected chi connectivity index (χ4v) is 0.483. The smallest absolute Gasteiger partial charge is 1.00 e. The van der Waals surface area contributed by atoms with Gasteiger partial charge in [-0.05, 0) is 0 Å². The Morgan fingerprint density at radius 1 is 1.30 bits per heavy atom. The third kappa shape index (κ3) is 6.68. The third-order valence-electron chi connectivity index (χ3n) is 0.865. The molecule has 0 amide bonds. The van der Waals surface area contributed by atoms with Crippen LogP contribution >= 0.6 is 12.4 Å². The molecule has 1 aromatic carbocycles. The summed E-state index contributed by atoms with van der Waals surface area (Å²) in [5.41, 5.74) is 1.20. The zero-order valence-corrected chi connectivity index (χ0v) is 8.79. The van der Waals surface area contributed by atoms with Gasteiger partial charge in [-0.2, -0.15) is 35.9 Å². The molecule has 1 aromatic rings. The second-order valence-electron chi connectivity index (χ2n) is 1.55. The van der Waals surface area contributed by atoms with Gasteiger partial charge in [0.05, 0.1) is 0 Å². The Labute approximate surface area is 90.4 Å². The Morgan fingerprint density at radius 3 is 2.10 bits per heavy atom. The van der Waals surface area contributed by atoms with Crippen LogP contribution < -0.4 is 12.4 Å². The van der Waals surface area contributed by atoms with Crippen molar-refractivity contribution in [3.63, 3.8) is 0 Å². The first-order chi connectivity index (χ1) is 3.39. The molecule has 0 aliphatic carbocycles.